The van der Waals surface area contributed by atoms with Crippen molar-refractivity contribution in [3.8, 4) is 5.69 Å². The van der Waals surface area contributed by atoms with Gasteiger partial charge in [-0.1, -0.05) is 11.3 Å². The number of benzene rings is 1. The summed E-state index contributed by atoms with van der Waals surface area (Å²) in [6, 6.07) is 8.28. The van der Waals surface area contributed by atoms with E-state index in [1.54, 1.807) is 28.2 Å². The molecule has 3 aromatic heterocycles. The number of fused-ring (bicyclic) bond motifs is 1. The number of amides is 1. The van der Waals surface area contributed by atoms with Gasteiger partial charge in [-0.05, 0) is 61.5 Å². The maximum absolute atomic E-state index is 13.3. The van der Waals surface area contributed by atoms with Gasteiger partial charge in [-0.25, -0.2) is 9.07 Å². The predicted octanol–water partition coefficient (Wildman–Crippen LogP) is 4.65. The molecule has 1 saturated heterocycles. The zero-order chi connectivity index (χ0) is 21.5. The van der Waals surface area contributed by atoms with E-state index in [0.717, 1.165) is 63.4 Å². The Kier molecular flexibility index (Phi) is 5.23. The van der Waals surface area contributed by atoms with E-state index in [0.29, 0.717) is 6.54 Å². The van der Waals surface area contributed by atoms with Crippen molar-refractivity contribution in [1.29, 1.82) is 0 Å². The Balaban J connectivity index is 1.39. The molecule has 4 aromatic rings. The van der Waals surface area contributed by atoms with Crippen molar-refractivity contribution in [3.05, 3.63) is 57.7 Å². The molecule has 0 saturated carbocycles. The third kappa shape index (κ3) is 3.72. The minimum Gasteiger partial charge on any atom is -0.346 e. The molecule has 0 N–H and O–H groups in total. The van der Waals surface area contributed by atoms with Gasteiger partial charge in [0.2, 0.25) is 0 Å². The zero-order valence-electron chi connectivity index (χ0n) is 17.3. The summed E-state index contributed by atoms with van der Waals surface area (Å²) in [7, 11) is 0. The molecule has 31 heavy (non-hydrogen) atoms. The highest BCUT2D eigenvalue weighted by Gasteiger charge is 2.25. The number of halogens is 1. The van der Waals surface area contributed by atoms with Crippen LogP contribution >= 0.6 is 22.7 Å². The van der Waals surface area contributed by atoms with Crippen molar-refractivity contribution in [3.63, 3.8) is 0 Å². The molecule has 4 heterocycles. The topological polar surface area (TPSA) is 54.3 Å². The molecule has 0 bridgehead atoms. The van der Waals surface area contributed by atoms with E-state index in [1.165, 1.54) is 23.5 Å². The smallest absolute Gasteiger partial charge is 0.264 e. The Morgan fingerprint density at radius 2 is 1.87 bits per heavy atom. The van der Waals surface area contributed by atoms with Gasteiger partial charge in [-0.2, -0.15) is 10.1 Å². The molecule has 1 aliphatic rings. The lowest BCUT2D eigenvalue weighted by molar-refractivity contribution is 0.0771. The van der Waals surface area contributed by atoms with Crippen LogP contribution in [0.2, 0.25) is 0 Å². The largest absolute Gasteiger partial charge is 0.346 e. The number of thiophene rings is 1. The van der Waals surface area contributed by atoms with Gasteiger partial charge in [0.25, 0.3) is 5.91 Å². The molecule has 0 spiro atoms. The third-order valence-electron chi connectivity index (χ3n) is 5.56. The Hall–Kier alpha value is -2.78. The first-order chi connectivity index (χ1) is 15.0. The van der Waals surface area contributed by atoms with Gasteiger partial charge in [-0.3, -0.25) is 4.79 Å². The molecular weight excluding hydrogens is 433 g/mol. The molecule has 9 heteroatoms. The average molecular weight is 456 g/mol. The van der Waals surface area contributed by atoms with Crippen LogP contribution in [0.5, 0.6) is 0 Å². The minimum absolute atomic E-state index is 0.126. The molecule has 1 amide bonds. The monoisotopic (exact) mass is 455 g/mol. The van der Waals surface area contributed by atoms with Gasteiger partial charge >= 0.3 is 0 Å². The summed E-state index contributed by atoms with van der Waals surface area (Å²) in [6.45, 7) is 6.98. The zero-order valence-corrected chi connectivity index (χ0v) is 19.0. The first-order valence-electron chi connectivity index (χ1n) is 10.2. The number of thiazole rings is 1. The van der Waals surface area contributed by atoms with Crippen molar-refractivity contribution in [2.24, 2.45) is 0 Å². The van der Waals surface area contributed by atoms with E-state index in [2.05, 4.69) is 10.00 Å². The number of anilines is 1. The molecule has 5 rings (SSSR count). The van der Waals surface area contributed by atoms with Crippen LogP contribution in [-0.2, 0) is 0 Å². The number of carbonyl (C=O) groups is 1. The fraction of sp³-hybridized carbons (Fsp3) is 0.318. The van der Waals surface area contributed by atoms with Crippen molar-refractivity contribution in [1.82, 2.24) is 19.7 Å². The lowest BCUT2D eigenvalue weighted by Crippen LogP contribution is -2.35. The lowest BCUT2D eigenvalue weighted by Gasteiger charge is -2.21. The second-order valence-corrected chi connectivity index (χ2v) is 9.58. The van der Waals surface area contributed by atoms with E-state index in [1.807, 2.05) is 30.2 Å². The summed E-state index contributed by atoms with van der Waals surface area (Å²) in [4.78, 5) is 22.8. The number of aryl methyl sites for hydroxylation is 2. The lowest BCUT2D eigenvalue weighted by atomic mass is 10.2. The average Bonchev–Trinajstić information content (AvgIpc) is 3.40. The van der Waals surface area contributed by atoms with Crippen molar-refractivity contribution >= 4 is 44.1 Å². The van der Waals surface area contributed by atoms with Crippen LogP contribution in [0, 0.1) is 19.7 Å². The Morgan fingerprint density at radius 3 is 2.61 bits per heavy atom. The number of hydrogen-bond donors (Lipinski definition) is 0. The van der Waals surface area contributed by atoms with Gasteiger partial charge in [0.15, 0.2) is 10.8 Å². The van der Waals surface area contributed by atoms with Crippen LogP contribution in [0.25, 0.3) is 16.0 Å². The molecule has 0 unspecified atom stereocenters. The summed E-state index contributed by atoms with van der Waals surface area (Å²) >= 11 is 3.14. The van der Waals surface area contributed by atoms with Crippen molar-refractivity contribution < 1.29 is 9.18 Å². The SMILES string of the molecule is Cc1ccsc1C(=O)N1CCCN(c2nc3c(s2)c(C)nn3-c2ccc(F)cc2)CC1. The highest BCUT2D eigenvalue weighted by molar-refractivity contribution is 7.22. The third-order valence-corrected chi connectivity index (χ3v) is 7.78. The van der Waals surface area contributed by atoms with Gasteiger partial charge in [0.1, 0.15) is 5.82 Å². The molecule has 0 radical (unpaired) electrons. The second-order valence-electron chi connectivity index (χ2n) is 7.69. The fourth-order valence-electron chi connectivity index (χ4n) is 3.87. The van der Waals surface area contributed by atoms with Crippen LogP contribution in [-0.4, -0.2) is 51.8 Å². The van der Waals surface area contributed by atoms with Gasteiger partial charge in [-0.15, -0.1) is 11.3 Å². The summed E-state index contributed by atoms with van der Waals surface area (Å²) in [6.07, 6.45) is 0.898. The molecule has 1 fully saturated rings. The van der Waals surface area contributed by atoms with Crippen LogP contribution in [0.3, 0.4) is 0 Å². The van der Waals surface area contributed by atoms with Crippen LogP contribution in [0.4, 0.5) is 9.52 Å². The first-order valence-corrected chi connectivity index (χ1v) is 11.9. The van der Waals surface area contributed by atoms with Gasteiger partial charge in [0, 0.05) is 26.2 Å². The Bertz CT molecular complexity index is 1240. The van der Waals surface area contributed by atoms with Crippen molar-refractivity contribution in [2.75, 3.05) is 31.1 Å². The standard InChI is InChI=1S/C22H22FN5OS2/c1-14-8-13-30-18(14)21(29)26-9-3-10-27(12-11-26)22-24-20-19(31-22)15(2)25-28(20)17-6-4-16(23)5-7-17/h4-8,13H,3,9-12H2,1-2H3. The van der Waals surface area contributed by atoms with Crippen LogP contribution in [0.15, 0.2) is 35.7 Å². The molecule has 160 valence electrons. The van der Waals surface area contributed by atoms with E-state index < -0.39 is 0 Å². The van der Waals surface area contributed by atoms with E-state index >= 15 is 0 Å². The number of carbonyl (C=O) groups excluding carboxylic acids is 1. The maximum Gasteiger partial charge on any atom is 0.264 e. The summed E-state index contributed by atoms with van der Waals surface area (Å²) in [5.41, 5.74) is 3.52. The highest BCUT2D eigenvalue weighted by atomic mass is 32.1. The molecular formula is C22H22FN5OS2. The van der Waals surface area contributed by atoms with E-state index in [9.17, 15) is 9.18 Å². The molecule has 1 aromatic carbocycles. The first kappa shape index (κ1) is 20.1. The van der Waals surface area contributed by atoms with E-state index in [4.69, 9.17) is 4.98 Å². The van der Waals surface area contributed by atoms with E-state index in [-0.39, 0.29) is 11.7 Å². The molecule has 0 aliphatic carbocycles. The van der Waals surface area contributed by atoms with Crippen molar-refractivity contribution in [2.45, 2.75) is 20.3 Å². The minimum atomic E-state index is -0.274. The molecule has 6 nitrogen and oxygen atoms in total. The number of rotatable bonds is 3. The molecule has 1 aliphatic heterocycles. The molecule has 0 atom stereocenters. The number of hydrogen-bond acceptors (Lipinski definition) is 6. The Morgan fingerprint density at radius 1 is 1.06 bits per heavy atom. The highest BCUT2D eigenvalue weighted by Crippen LogP contribution is 2.33. The van der Waals surface area contributed by atoms with Crippen LogP contribution < -0.4 is 4.90 Å². The number of aromatic nitrogens is 3. The summed E-state index contributed by atoms with van der Waals surface area (Å²) < 4.78 is 16.1. The number of nitrogens with zero attached hydrogens (tertiary/aromatic N) is 5. The van der Waals surface area contributed by atoms with Gasteiger partial charge < -0.3 is 9.80 Å². The van der Waals surface area contributed by atoms with Crippen LogP contribution in [0.1, 0.15) is 27.3 Å². The Labute approximate surface area is 187 Å². The normalized spacial score (nSPS) is 14.9. The second kappa shape index (κ2) is 8.05. The summed E-state index contributed by atoms with van der Waals surface area (Å²) in [5, 5.41) is 7.51. The summed E-state index contributed by atoms with van der Waals surface area (Å²) in [5.74, 6) is -0.148. The fourth-order valence-corrected chi connectivity index (χ4v) is 5.80. The quantitative estimate of drug-likeness (QED) is 0.451. The maximum atomic E-state index is 13.3. The van der Waals surface area contributed by atoms with Gasteiger partial charge in [0.05, 0.1) is 21.0 Å². The predicted molar refractivity (Wildman–Crippen MR) is 123 cm³/mol.